The summed E-state index contributed by atoms with van der Waals surface area (Å²) in [4.78, 5) is 23.3. The third-order valence-corrected chi connectivity index (χ3v) is 3.30. The lowest BCUT2D eigenvalue weighted by Crippen LogP contribution is -2.37. The van der Waals surface area contributed by atoms with Crippen molar-refractivity contribution in [2.45, 2.75) is 24.2 Å². The van der Waals surface area contributed by atoms with E-state index in [-0.39, 0.29) is 6.42 Å². The van der Waals surface area contributed by atoms with E-state index in [0.29, 0.717) is 5.56 Å². The molecule has 5 nitrogen and oxygen atoms in total. The second-order valence-electron chi connectivity index (χ2n) is 4.67. The first-order chi connectivity index (χ1) is 9.08. The minimum atomic E-state index is -1.56. The molecule has 0 aromatic heterocycles. The van der Waals surface area contributed by atoms with Crippen LogP contribution in [0.5, 0.6) is 0 Å². The van der Waals surface area contributed by atoms with Crippen LogP contribution in [0.3, 0.4) is 0 Å². The molecule has 1 heterocycles. The first-order valence-corrected chi connectivity index (χ1v) is 5.97. The van der Waals surface area contributed by atoms with Crippen LogP contribution in [0.1, 0.15) is 16.8 Å². The van der Waals surface area contributed by atoms with Gasteiger partial charge in [-0.05, 0) is 24.3 Å². The van der Waals surface area contributed by atoms with Crippen molar-refractivity contribution in [3.63, 3.8) is 0 Å². The molecule has 19 heavy (non-hydrogen) atoms. The van der Waals surface area contributed by atoms with Crippen molar-refractivity contribution in [3.8, 4) is 0 Å². The summed E-state index contributed by atoms with van der Waals surface area (Å²) in [6.45, 7) is 0. The molecule has 1 aromatic rings. The van der Waals surface area contributed by atoms with Gasteiger partial charge in [0.2, 0.25) is 0 Å². The van der Waals surface area contributed by atoms with Gasteiger partial charge in [-0.15, -0.1) is 0 Å². The van der Waals surface area contributed by atoms with E-state index in [9.17, 15) is 14.7 Å². The number of fused-ring (bicyclic) bond motifs is 2. The van der Waals surface area contributed by atoms with Crippen molar-refractivity contribution in [2.24, 2.45) is 0 Å². The van der Waals surface area contributed by atoms with Gasteiger partial charge in [-0.1, -0.05) is 18.2 Å². The molecule has 0 radical (unpaired) electrons. The fraction of sp³-hybridized carbons (Fsp3) is 0.286. The Bertz CT molecular complexity index is 550. The quantitative estimate of drug-likeness (QED) is 0.629. The molecule has 0 spiro atoms. The Morgan fingerprint density at radius 3 is 2.84 bits per heavy atom. The maximum absolute atomic E-state index is 11.9. The highest BCUT2D eigenvalue weighted by molar-refractivity contribution is 5.90. The second-order valence-corrected chi connectivity index (χ2v) is 4.67. The zero-order valence-electron chi connectivity index (χ0n) is 9.98. The first kappa shape index (κ1) is 11.9. The number of aliphatic hydroxyl groups is 1. The number of esters is 2. The molecular formula is C14H12O5. The van der Waals surface area contributed by atoms with Gasteiger partial charge >= 0.3 is 11.9 Å². The molecule has 1 fully saturated rings. The largest absolute Gasteiger partial charge is 0.456 e. The van der Waals surface area contributed by atoms with Gasteiger partial charge in [0.1, 0.15) is 6.10 Å². The third-order valence-electron chi connectivity index (χ3n) is 3.30. The van der Waals surface area contributed by atoms with E-state index in [0.717, 1.165) is 0 Å². The maximum Gasteiger partial charge on any atom is 0.342 e. The zero-order chi connectivity index (χ0) is 13.5. The predicted octanol–water partition coefficient (Wildman–Crippen LogP) is 0.828. The van der Waals surface area contributed by atoms with E-state index >= 15 is 0 Å². The average Bonchev–Trinajstić information content (AvgIpc) is 2.66. The van der Waals surface area contributed by atoms with Gasteiger partial charge in [-0.3, -0.25) is 0 Å². The number of carbonyl (C=O) groups is 2. The van der Waals surface area contributed by atoms with Gasteiger partial charge in [0, 0.05) is 6.42 Å². The Morgan fingerprint density at radius 1 is 1.37 bits per heavy atom. The fourth-order valence-corrected chi connectivity index (χ4v) is 2.25. The van der Waals surface area contributed by atoms with E-state index in [1.165, 1.54) is 12.2 Å². The Morgan fingerprint density at radius 2 is 2.11 bits per heavy atom. The molecule has 0 amide bonds. The van der Waals surface area contributed by atoms with Crippen LogP contribution in [0.15, 0.2) is 42.5 Å². The summed E-state index contributed by atoms with van der Waals surface area (Å²) in [5, 5.41) is 9.86. The van der Waals surface area contributed by atoms with Crippen LogP contribution in [0, 0.1) is 0 Å². The lowest BCUT2D eigenvalue weighted by molar-refractivity contribution is -0.152. The van der Waals surface area contributed by atoms with E-state index in [4.69, 9.17) is 9.47 Å². The average molecular weight is 260 g/mol. The molecule has 1 unspecified atom stereocenters. The number of hydrogen-bond acceptors (Lipinski definition) is 5. The minimum Gasteiger partial charge on any atom is -0.456 e. The molecule has 1 aromatic carbocycles. The van der Waals surface area contributed by atoms with Crippen molar-refractivity contribution >= 4 is 11.9 Å². The van der Waals surface area contributed by atoms with E-state index < -0.39 is 29.7 Å². The van der Waals surface area contributed by atoms with Crippen molar-refractivity contribution in [3.05, 3.63) is 48.0 Å². The lowest BCUT2D eigenvalue weighted by atomic mass is 9.91. The standard InChI is InChI=1S/C14H12O5/c15-12(9-4-2-1-3-5-9)18-10-6-7-14(17)8-11(10)19-13(14)16/h1-7,10-11,17H,8H2/t10?,11-,14+/m1/s1. The highest BCUT2D eigenvalue weighted by Gasteiger charge is 2.52. The molecule has 1 aliphatic carbocycles. The fourth-order valence-electron chi connectivity index (χ4n) is 2.25. The van der Waals surface area contributed by atoms with E-state index in [2.05, 4.69) is 0 Å². The monoisotopic (exact) mass is 260 g/mol. The molecule has 3 rings (SSSR count). The number of ether oxygens (including phenoxy) is 2. The highest BCUT2D eigenvalue weighted by Crippen LogP contribution is 2.34. The van der Waals surface area contributed by atoms with E-state index in [1.807, 2.05) is 0 Å². The highest BCUT2D eigenvalue weighted by atomic mass is 16.6. The molecule has 1 aliphatic heterocycles. The number of benzene rings is 1. The molecule has 98 valence electrons. The summed E-state index contributed by atoms with van der Waals surface area (Å²) in [5.41, 5.74) is -1.12. The second kappa shape index (κ2) is 4.20. The first-order valence-electron chi connectivity index (χ1n) is 5.97. The van der Waals surface area contributed by atoms with Gasteiger partial charge in [0.05, 0.1) is 5.56 Å². The molecule has 2 bridgehead atoms. The Labute approximate surface area is 109 Å². The topological polar surface area (TPSA) is 72.8 Å². The normalized spacial score (nSPS) is 31.9. The molecule has 0 saturated carbocycles. The van der Waals surface area contributed by atoms with Crippen LogP contribution in [0.25, 0.3) is 0 Å². The van der Waals surface area contributed by atoms with Crippen LogP contribution in [-0.4, -0.2) is 34.9 Å². The molecule has 3 atom stereocenters. The van der Waals surface area contributed by atoms with Gasteiger partial charge in [-0.25, -0.2) is 9.59 Å². The zero-order valence-corrected chi connectivity index (χ0v) is 9.98. The van der Waals surface area contributed by atoms with Crippen molar-refractivity contribution in [1.82, 2.24) is 0 Å². The van der Waals surface area contributed by atoms with Gasteiger partial charge in [0.15, 0.2) is 11.7 Å². The minimum absolute atomic E-state index is 0.120. The van der Waals surface area contributed by atoms with Crippen molar-refractivity contribution < 1.29 is 24.2 Å². The summed E-state index contributed by atoms with van der Waals surface area (Å²) in [5.74, 6) is -1.17. The summed E-state index contributed by atoms with van der Waals surface area (Å²) < 4.78 is 10.3. The van der Waals surface area contributed by atoms with Gasteiger partial charge in [0.25, 0.3) is 0 Å². The van der Waals surface area contributed by atoms with Crippen molar-refractivity contribution in [2.75, 3.05) is 0 Å². The summed E-state index contributed by atoms with van der Waals surface area (Å²) in [7, 11) is 0. The maximum atomic E-state index is 11.9. The van der Waals surface area contributed by atoms with Gasteiger partial charge in [-0.2, -0.15) is 0 Å². The summed E-state index contributed by atoms with van der Waals surface area (Å²) in [6.07, 6.45) is 1.69. The Kier molecular flexibility index (Phi) is 2.64. The van der Waals surface area contributed by atoms with E-state index in [1.54, 1.807) is 30.3 Å². The SMILES string of the molecule is O=C(OC1C=C[C@]2(O)C[C@H]1OC2=O)c1ccccc1. The van der Waals surface area contributed by atoms with Crippen LogP contribution >= 0.6 is 0 Å². The van der Waals surface area contributed by atoms with Crippen LogP contribution in [0.4, 0.5) is 0 Å². The Balaban J connectivity index is 1.74. The Hall–Kier alpha value is -2.14. The van der Waals surface area contributed by atoms with Crippen molar-refractivity contribution in [1.29, 1.82) is 0 Å². The number of hydrogen-bond donors (Lipinski definition) is 1. The van der Waals surface area contributed by atoms with Gasteiger partial charge < -0.3 is 14.6 Å². The number of rotatable bonds is 2. The molecule has 5 heteroatoms. The molecule has 2 aliphatic rings. The van der Waals surface area contributed by atoms with Crippen LogP contribution in [0.2, 0.25) is 0 Å². The summed E-state index contributed by atoms with van der Waals surface area (Å²) in [6, 6.07) is 8.57. The lowest BCUT2D eigenvalue weighted by Gasteiger charge is -2.23. The number of carbonyl (C=O) groups excluding carboxylic acids is 2. The summed E-state index contributed by atoms with van der Waals surface area (Å²) >= 11 is 0. The smallest absolute Gasteiger partial charge is 0.342 e. The molecular weight excluding hydrogens is 248 g/mol. The third kappa shape index (κ3) is 2.02. The van der Waals surface area contributed by atoms with Crippen LogP contribution < -0.4 is 0 Å². The van der Waals surface area contributed by atoms with Crippen LogP contribution in [-0.2, 0) is 14.3 Å². The predicted molar refractivity (Wildman–Crippen MR) is 64.2 cm³/mol. The molecule has 1 saturated heterocycles. The molecule has 1 N–H and O–H groups in total.